The zero-order valence-corrected chi connectivity index (χ0v) is 45.9. The molecule has 6 aromatic rings. The number of isocyanates is 8. The lowest BCUT2D eigenvalue weighted by Gasteiger charge is -2.35. The molecule has 0 spiro atoms. The van der Waals surface area contributed by atoms with Crippen molar-refractivity contribution >= 4 is 94.1 Å². The number of hydrogen-bond donors (Lipinski definition) is 5. The van der Waals surface area contributed by atoms with Gasteiger partial charge in [0, 0.05) is 37.6 Å². The molecule has 8 rings (SSSR count). The smallest absolute Gasteiger partial charge is 0.240 e. The van der Waals surface area contributed by atoms with Crippen LogP contribution in [-0.4, -0.2) is 86.9 Å². The Kier molecular flexibility index (Phi) is 33.1. The van der Waals surface area contributed by atoms with Crippen molar-refractivity contribution in [2.45, 2.75) is 76.8 Å². The topological polar surface area (TPSA) is 352 Å². The van der Waals surface area contributed by atoms with Gasteiger partial charge in [0.2, 0.25) is 48.6 Å². The van der Waals surface area contributed by atoms with Gasteiger partial charge in [-0.2, -0.15) is 30.0 Å². The molecule has 2 saturated carbocycles. The van der Waals surface area contributed by atoms with Crippen LogP contribution in [0.2, 0.25) is 0 Å². The van der Waals surface area contributed by atoms with E-state index >= 15 is 0 Å². The predicted octanol–water partition coefficient (Wildman–Crippen LogP) is 10.5. The minimum atomic E-state index is 0.217. The second-order valence-electron chi connectivity index (χ2n) is 18.4. The molecule has 0 heterocycles. The molecule has 426 valence electrons. The monoisotopic (exact) mass is 1120 g/mol. The van der Waals surface area contributed by atoms with E-state index in [9.17, 15) is 38.4 Å². The van der Waals surface area contributed by atoms with E-state index in [4.69, 9.17) is 22.9 Å². The van der Waals surface area contributed by atoms with Gasteiger partial charge >= 0.3 is 0 Å². The van der Waals surface area contributed by atoms with Crippen LogP contribution in [0, 0.1) is 18.8 Å². The summed E-state index contributed by atoms with van der Waals surface area (Å²) in [6.45, 7) is 4.93. The SMILES string of the molecule is Cc1ccc(N=C=O)cc1N=C=O.NCCNCCN.Nc1ccc(Cc2ccc(N)cc2)cc1.O=C=NC1CCC(C2CCC(N=C=O)CC2)CC1.O=C=Nc1ccc(-c2ccc(N=C=O)cc2)cc1.O=C=Nc1cccc(N=C=O)c1. The van der Waals surface area contributed by atoms with Gasteiger partial charge in [-0.15, -0.1) is 0 Å². The molecule has 9 N–H and O–H groups in total. The molecular formula is C62H65N13O8. The van der Waals surface area contributed by atoms with E-state index < -0.39 is 0 Å². The number of carbonyl (C=O) groups excluding carboxylic acids is 8. The summed E-state index contributed by atoms with van der Waals surface area (Å²) in [4.78, 5) is 109. The fourth-order valence-electron chi connectivity index (χ4n) is 8.58. The fourth-order valence-corrected chi connectivity index (χ4v) is 8.58. The third kappa shape index (κ3) is 27.5. The Morgan fingerprint density at radius 1 is 0.410 bits per heavy atom. The first kappa shape index (κ1) is 67.1. The number of nitrogens with zero attached hydrogens (tertiary/aromatic N) is 8. The summed E-state index contributed by atoms with van der Waals surface area (Å²) in [5.74, 6) is 1.56. The Morgan fingerprint density at radius 2 is 0.759 bits per heavy atom. The Bertz CT molecular complexity index is 3140. The number of aryl methyl sites for hydroxylation is 1. The van der Waals surface area contributed by atoms with Gasteiger partial charge in [0.25, 0.3) is 0 Å². The number of nitrogens with two attached hydrogens (primary N) is 4. The zero-order chi connectivity index (χ0) is 60.3. The molecule has 21 nitrogen and oxygen atoms in total. The molecule has 0 atom stereocenters. The number of benzene rings is 6. The lowest BCUT2D eigenvalue weighted by molar-refractivity contribution is 0.179. The maximum atomic E-state index is 10.2. The third-order valence-electron chi connectivity index (χ3n) is 12.8. The van der Waals surface area contributed by atoms with Crippen molar-refractivity contribution in [3.63, 3.8) is 0 Å². The van der Waals surface area contributed by atoms with Crippen molar-refractivity contribution in [3.8, 4) is 11.1 Å². The van der Waals surface area contributed by atoms with Crippen molar-refractivity contribution in [3.05, 3.63) is 156 Å². The molecule has 0 saturated heterocycles. The van der Waals surface area contributed by atoms with Gasteiger partial charge in [-0.3, -0.25) is 0 Å². The quantitative estimate of drug-likeness (QED) is 0.0261. The van der Waals surface area contributed by atoms with Crippen molar-refractivity contribution < 1.29 is 38.4 Å². The van der Waals surface area contributed by atoms with Gasteiger partial charge in [-0.25, -0.2) is 48.3 Å². The van der Waals surface area contributed by atoms with Gasteiger partial charge in [-0.05, 0) is 183 Å². The second-order valence-corrected chi connectivity index (χ2v) is 18.4. The Morgan fingerprint density at radius 3 is 1.11 bits per heavy atom. The standard InChI is InChI=1S/C14H20N2O2.C14H8N2O2.C13H14N2.C9H6N2O2.C8H4N2O2.C4H13N3/c2*17-9-15-13-5-1-11(2-6-13)12-3-7-14(8-4-12)16-10-18;14-12-5-1-10(2-6-12)9-11-3-7-13(15)8-4-11;1-7-2-3-8(10-5-12)4-9(7)11-6-13;11-5-9-7-2-1-3-8(4-7)10-6-12;5-1-3-7-4-2-6/h11-14H,1-8H2;1-8H;1-8H,9,14-15H2;2-4H,1H3;1-4H;7H,1-6H2. The minimum absolute atomic E-state index is 0.217. The number of anilines is 2. The van der Waals surface area contributed by atoms with Crippen molar-refractivity contribution in [1.29, 1.82) is 0 Å². The van der Waals surface area contributed by atoms with Gasteiger partial charge in [0.05, 0.1) is 46.2 Å². The zero-order valence-electron chi connectivity index (χ0n) is 45.9. The molecular weight excluding hydrogens is 1050 g/mol. The third-order valence-corrected chi connectivity index (χ3v) is 12.8. The Labute approximate surface area is 481 Å². The highest BCUT2D eigenvalue weighted by Gasteiger charge is 2.30. The van der Waals surface area contributed by atoms with E-state index in [-0.39, 0.29) is 12.1 Å². The number of aliphatic imine (C=N–C) groups is 8. The van der Waals surface area contributed by atoms with E-state index in [1.165, 1.54) is 85.4 Å². The van der Waals surface area contributed by atoms with Crippen LogP contribution in [-0.2, 0) is 44.8 Å². The highest BCUT2D eigenvalue weighted by atomic mass is 16.1. The van der Waals surface area contributed by atoms with E-state index in [1.54, 1.807) is 73.7 Å². The second kappa shape index (κ2) is 40.9. The van der Waals surface area contributed by atoms with Gasteiger partial charge in [0.15, 0.2) is 0 Å². The average Bonchev–Trinajstić information content (AvgIpc) is 3.51. The first-order chi connectivity index (χ1) is 40.4. The molecule has 83 heavy (non-hydrogen) atoms. The predicted molar refractivity (Wildman–Crippen MR) is 319 cm³/mol. The molecule has 0 radical (unpaired) electrons. The van der Waals surface area contributed by atoms with Crippen molar-refractivity contribution in [2.75, 3.05) is 37.6 Å². The number of hydrogen-bond acceptors (Lipinski definition) is 21. The van der Waals surface area contributed by atoms with E-state index in [1.807, 2.05) is 72.8 Å². The highest BCUT2D eigenvalue weighted by molar-refractivity contribution is 5.68. The average molecular weight is 1120 g/mol. The van der Waals surface area contributed by atoms with Crippen LogP contribution in [0.1, 0.15) is 68.1 Å². The van der Waals surface area contributed by atoms with Crippen LogP contribution < -0.4 is 28.3 Å². The Hall–Kier alpha value is -10.2. The first-order valence-electron chi connectivity index (χ1n) is 26.3. The van der Waals surface area contributed by atoms with Crippen LogP contribution in [0.3, 0.4) is 0 Å². The molecule has 0 aliphatic heterocycles. The van der Waals surface area contributed by atoms with Gasteiger partial charge in [0.1, 0.15) is 0 Å². The Balaban J connectivity index is 0.000000266. The van der Waals surface area contributed by atoms with E-state index in [0.29, 0.717) is 47.2 Å². The minimum Gasteiger partial charge on any atom is -0.399 e. The lowest BCUT2D eigenvalue weighted by Crippen LogP contribution is -2.27. The van der Waals surface area contributed by atoms with E-state index in [0.717, 1.165) is 85.1 Å². The molecule has 0 amide bonds. The number of nitrogen functional groups attached to an aromatic ring is 2. The first-order valence-corrected chi connectivity index (χ1v) is 26.3. The molecule has 2 aliphatic carbocycles. The van der Waals surface area contributed by atoms with Crippen LogP contribution in [0.5, 0.6) is 0 Å². The summed E-state index contributed by atoms with van der Waals surface area (Å²) >= 11 is 0. The molecule has 2 aliphatic rings. The molecule has 21 heteroatoms. The molecule has 0 bridgehead atoms. The largest absolute Gasteiger partial charge is 0.399 e. The van der Waals surface area contributed by atoms with Crippen molar-refractivity contribution in [1.82, 2.24) is 5.32 Å². The summed E-state index contributed by atoms with van der Waals surface area (Å²) in [6.07, 6.45) is 21.7. The fraction of sp³-hybridized carbons (Fsp3) is 0.290. The van der Waals surface area contributed by atoms with Gasteiger partial charge < -0.3 is 28.3 Å². The number of rotatable bonds is 16. The maximum absolute atomic E-state index is 10.2. The van der Waals surface area contributed by atoms with Crippen LogP contribution in [0.4, 0.5) is 45.5 Å². The number of nitrogens with one attached hydrogen (secondary N) is 1. The lowest BCUT2D eigenvalue weighted by atomic mass is 9.71. The van der Waals surface area contributed by atoms with Crippen LogP contribution in [0.25, 0.3) is 11.1 Å². The summed E-state index contributed by atoms with van der Waals surface area (Å²) in [7, 11) is 0. The molecule has 2 fully saturated rings. The molecule has 0 aromatic heterocycles. The van der Waals surface area contributed by atoms with Crippen LogP contribution in [0.15, 0.2) is 179 Å². The normalized spacial score (nSPS) is 14.9. The summed E-state index contributed by atoms with van der Waals surface area (Å²) in [5.41, 5.74) is 31.4. The molecule has 0 unspecified atom stereocenters. The van der Waals surface area contributed by atoms with Gasteiger partial charge in [-0.1, -0.05) is 60.7 Å². The summed E-state index contributed by atoms with van der Waals surface area (Å²) in [5, 5.41) is 3.03. The van der Waals surface area contributed by atoms with E-state index in [2.05, 4.69) is 45.3 Å². The summed E-state index contributed by atoms with van der Waals surface area (Å²) in [6, 6.07) is 41.9. The van der Waals surface area contributed by atoms with Crippen molar-refractivity contribution in [2.24, 2.45) is 63.2 Å². The molecule has 6 aromatic carbocycles. The highest BCUT2D eigenvalue weighted by Crippen LogP contribution is 2.39. The summed E-state index contributed by atoms with van der Waals surface area (Å²) < 4.78 is 0. The maximum Gasteiger partial charge on any atom is 0.240 e. The van der Waals surface area contributed by atoms with Crippen LogP contribution >= 0.6 is 0 Å².